The van der Waals surface area contributed by atoms with E-state index in [1.54, 1.807) is 0 Å². The van der Waals surface area contributed by atoms with Crippen molar-refractivity contribution in [3.8, 4) is 0 Å². The first-order chi connectivity index (χ1) is 10.8. The lowest BCUT2D eigenvalue weighted by Gasteiger charge is -2.22. The fourth-order valence-electron chi connectivity index (χ4n) is 3.37. The molecule has 2 fully saturated rings. The van der Waals surface area contributed by atoms with Crippen LogP contribution < -0.4 is 10.6 Å². The molecule has 1 aromatic carbocycles. The number of likely N-dealkylation sites (tertiary alicyclic amines) is 1. The first-order valence-electron chi connectivity index (χ1n) is 8.64. The summed E-state index contributed by atoms with van der Waals surface area (Å²) < 4.78 is 0. The lowest BCUT2D eigenvalue weighted by Crippen LogP contribution is -2.37. The quantitative estimate of drug-likeness (QED) is 0.877. The normalized spacial score (nSPS) is 22.6. The van der Waals surface area contributed by atoms with E-state index in [4.69, 9.17) is 0 Å². The topological polar surface area (TPSA) is 44.4 Å². The highest BCUT2D eigenvalue weighted by molar-refractivity contribution is 5.92. The number of rotatable bonds is 5. The molecule has 0 radical (unpaired) electrons. The van der Waals surface area contributed by atoms with Crippen molar-refractivity contribution in [3.63, 3.8) is 0 Å². The molecule has 0 bridgehead atoms. The number of nitrogens with one attached hydrogen (secondary N) is 2. The van der Waals surface area contributed by atoms with E-state index in [1.807, 2.05) is 12.1 Å². The molecular formula is C18H27N3O. The minimum atomic E-state index is 0.114. The van der Waals surface area contributed by atoms with E-state index in [0.29, 0.717) is 0 Å². The molecule has 1 amide bonds. The predicted molar refractivity (Wildman–Crippen MR) is 90.0 cm³/mol. The number of anilines is 1. The number of nitrogens with zero attached hydrogens (tertiary/aromatic N) is 1. The first-order valence-corrected chi connectivity index (χ1v) is 8.64. The van der Waals surface area contributed by atoms with E-state index >= 15 is 0 Å². The van der Waals surface area contributed by atoms with Gasteiger partial charge in [-0.05, 0) is 69.4 Å². The Kier molecular flexibility index (Phi) is 5.46. The average Bonchev–Trinajstić information content (AvgIpc) is 3.08. The molecule has 1 unspecified atom stereocenters. The van der Waals surface area contributed by atoms with Gasteiger partial charge < -0.3 is 15.5 Å². The van der Waals surface area contributed by atoms with Gasteiger partial charge in [-0.1, -0.05) is 12.1 Å². The van der Waals surface area contributed by atoms with Crippen molar-refractivity contribution in [3.05, 3.63) is 29.8 Å². The van der Waals surface area contributed by atoms with Crippen molar-refractivity contribution in [2.75, 3.05) is 38.0 Å². The van der Waals surface area contributed by atoms with Crippen LogP contribution in [-0.2, 0) is 11.2 Å². The van der Waals surface area contributed by atoms with Crippen LogP contribution in [0.15, 0.2) is 24.3 Å². The molecule has 22 heavy (non-hydrogen) atoms. The standard InChI is InChI=1S/C18H27N3O/c22-18(16-4-3-10-19-14-16)20-17-7-5-15(6-8-17)9-13-21-11-1-2-12-21/h5-8,16,19H,1-4,9-14H2,(H,20,22). The van der Waals surface area contributed by atoms with E-state index < -0.39 is 0 Å². The van der Waals surface area contributed by atoms with Crippen LogP contribution in [0.4, 0.5) is 5.69 Å². The largest absolute Gasteiger partial charge is 0.326 e. The molecule has 0 aromatic heterocycles. The third kappa shape index (κ3) is 4.31. The van der Waals surface area contributed by atoms with Crippen LogP contribution in [-0.4, -0.2) is 43.5 Å². The number of carbonyl (C=O) groups excluding carboxylic acids is 1. The monoisotopic (exact) mass is 301 g/mol. The van der Waals surface area contributed by atoms with Gasteiger partial charge in [-0.25, -0.2) is 0 Å². The van der Waals surface area contributed by atoms with Crippen molar-refractivity contribution in [2.24, 2.45) is 5.92 Å². The average molecular weight is 301 g/mol. The van der Waals surface area contributed by atoms with Gasteiger partial charge in [0.2, 0.25) is 5.91 Å². The number of piperidine rings is 1. The van der Waals surface area contributed by atoms with Gasteiger partial charge in [0.1, 0.15) is 0 Å². The Morgan fingerprint density at radius 3 is 2.64 bits per heavy atom. The maximum Gasteiger partial charge on any atom is 0.228 e. The second kappa shape index (κ2) is 7.75. The van der Waals surface area contributed by atoms with Crippen molar-refractivity contribution in [1.29, 1.82) is 0 Å². The lowest BCUT2D eigenvalue weighted by atomic mass is 9.99. The second-order valence-electron chi connectivity index (χ2n) is 6.53. The molecule has 2 heterocycles. The zero-order chi connectivity index (χ0) is 15.2. The fourth-order valence-corrected chi connectivity index (χ4v) is 3.37. The maximum atomic E-state index is 12.2. The Bertz CT molecular complexity index is 474. The molecule has 2 N–H and O–H groups in total. The van der Waals surface area contributed by atoms with E-state index in [0.717, 1.165) is 44.6 Å². The maximum absolute atomic E-state index is 12.2. The van der Waals surface area contributed by atoms with Gasteiger partial charge in [0.25, 0.3) is 0 Å². The summed E-state index contributed by atoms with van der Waals surface area (Å²) in [5.74, 6) is 0.264. The van der Waals surface area contributed by atoms with Crippen molar-refractivity contribution < 1.29 is 4.79 Å². The number of carbonyl (C=O) groups is 1. The van der Waals surface area contributed by atoms with Crippen LogP contribution in [0, 0.1) is 5.92 Å². The van der Waals surface area contributed by atoms with Gasteiger partial charge >= 0.3 is 0 Å². The molecule has 0 saturated carbocycles. The molecule has 1 atom stereocenters. The molecule has 0 spiro atoms. The van der Waals surface area contributed by atoms with Crippen molar-refractivity contribution in [1.82, 2.24) is 10.2 Å². The van der Waals surface area contributed by atoms with Gasteiger partial charge in [0, 0.05) is 18.8 Å². The molecule has 3 rings (SSSR count). The Morgan fingerprint density at radius 1 is 1.18 bits per heavy atom. The highest BCUT2D eigenvalue weighted by atomic mass is 16.1. The second-order valence-corrected chi connectivity index (χ2v) is 6.53. The smallest absolute Gasteiger partial charge is 0.228 e. The number of hydrogen-bond acceptors (Lipinski definition) is 3. The van der Waals surface area contributed by atoms with E-state index in [9.17, 15) is 4.79 Å². The summed E-state index contributed by atoms with van der Waals surface area (Å²) in [6, 6.07) is 8.36. The van der Waals surface area contributed by atoms with E-state index in [2.05, 4.69) is 27.7 Å². The van der Waals surface area contributed by atoms with Crippen LogP contribution in [0.1, 0.15) is 31.2 Å². The summed E-state index contributed by atoms with van der Waals surface area (Å²) in [5, 5.41) is 6.34. The Hall–Kier alpha value is -1.39. The first kappa shape index (κ1) is 15.5. The molecular weight excluding hydrogens is 274 g/mol. The van der Waals surface area contributed by atoms with Gasteiger partial charge in [0.15, 0.2) is 0 Å². The van der Waals surface area contributed by atoms with Crippen LogP contribution in [0.25, 0.3) is 0 Å². The molecule has 120 valence electrons. The summed E-state index contributed by atoms with van der Waals surface area (Å²) in [6.07, 6.45) is 5.88. The zero-order valence-corrected chi connectivity index (χ0v) is 13.3. The lowest BCUT2D eigenvalue weighted by molar-refractivity contribution is -0.120. The van der Waals surface area contributed by atoms with Gasteiger partial charge in [0.05, 0.1) is 5.92 Å². The summed E-state index contributed by atoms with van der Waals surface area (Å²) >= 11 is 0. The summed E-state index contributed by atoms with van der Waals surface area (Å²) in [5.41, 5.74) is 2.27. The summed E-state index contributed by atoms with van der Waals surface area (Å²) in [4.78, 5) is 14.7. The minimum Gasteiger partial charge on any atom is -0.326 e. The van der Waals surface area contributed by atoms with E-state index in [-0.39, 0.29) is 11.8 Å². The molecule has 4 heteroatoms. The minimum absolute atomic E-state index is 0.114. The molecule has 4 nitrogen and oxygen atoms in total. The molecule has 2 aliphatic heterocycles. The van der Waals surface area contributed by atoms with Crippen molar-refractivity contribution in [2.45, 2.75) is 32.1 Å². The molecule has 1 aromatic rings. The van der Waals surface area contributed by atoms with Gasteiger partial charge in [-0.15, -0.1) is 0 Å². The number of benzene rings is 1. The Morgan fingerprint density at radius 2 is 1.95 bits per heavy atom. The Balaban J connectivity index is 1.47. The summed E-state index contributed by atoms with van der Waals surface area (Å²) in [7, 11) is 0. The van der Waals surface area contributed by atoms with Crippen LogP contribution in [0.2, 0.25) is 0 Å². The van der Waals surface area contributed by atoms with Gasteiger partial charge in [-0.2, -0.15) is 0 Å². The predicted octanol–water partition coefficient (Wildman–Crippen LogP) is 2.26. The third-order valence-corrected chi connectivity index (χ3v) is 4.80. The Labute approximate surface area is 133 Å². The van der Waals surface area contributed by atoms with E-state index in [1.165, 1.54) is 31.5 Å². The summed E-state index contributed by atoms with van der Waals surface area (Å²) in [6.45, 7) is 5.50. The third-order valence-electron chi connectivity index (χ3n) is 4.80. The molecule has 2 saturated heterocycles. The highest BCUT2D eigenvalue weighted by Crippen LogP contribution is 2.16. The fraction of sp³-hybridized carbons (Fsp3) is 0.611. The highest BCUT2D eigenvalue weighted by Gasteiger charge is 2.20. The number of amides is 1. The zero-order valence-electron chi connectivity index (χ0n) is 13.3. The molecule has 0 aliphatic carbocycles. The SMILES string of the molecule is O=C(Nc1ccc(CCN2CCCC2)cc1)C1CCCNC1. The van der Waals surface area contributed by atoms with Crippen molar-refractivity contribution >= 4 is 11.6 Å². The van der Waals surface area contributed by atoms with Crippen LogP contribution >= 0.6 is 0 Å². The van der Waals surface area contributed by atoms with Crippen LogP contribution in [0.5, 0.6) is 0 Å². The van der Waals surface area contributed by atoms with Crippen LogP contribution in [0.3, 0.4) is 0 Å². The molecule has 2 aliphatic rings. The number of hydrogen-bond donors (Lipinski definition) is 2. The van der Waals surface area contributed by atoms with Gasteiger partial charge in [-0.3, -0.25) is 4.79 Å².